The van der Waals surface area contributed by atoms with Gasteiger partial charge in [-0.25, -0.2) is 0 Å². The maximum Gasteiger partial charge on any atom is 0.0759 e. The van der Waals surface area contributed by atoms with Crippen molar-refractivity contribution in [2.45, 2.75) is 72.5 Å². The third-order valence-electron chi connectivity index (χ3n) is 7.62. The number of aliphatic hydroxyl groups excluding tert-OH is 1. The van der Waals surface area contributed by atoms with Gasteiger partial charge in [0, 0.05) is 17.9 Å². The Bertz CT molecular complexity index is 379. The van der Waals surface area contributed by atoms with Gasteiger partial charge in [0.25, 0.3) is 0 Å². The summed E-state index contributed by atoms with van der Waals surface area (Å²) in [6.07, 6.45) is 2.71. The fourth-order valence-electron chi connectivity index (χ4n) is 5.24. The molecule has 5 atom stereocenters. The predicted octanol–water partition coefficient (Wildman–Crippen LogP) is 2.90. The van der Waals surface area contributed by atoms with Gasteiger partial charge in [0.15, 0.2) is 0 Å². The van der Waals surface area contributed by atoms with Crippen molar-refractivity contribution in [1.82, 2.24) is 4.90 Å². The van der Waals surface area contributed by atoms with E-state index in [4.69, 9.17) is 0 Å². The van der Waals surface area contributed by atoms with Crippen LogP contribution in [0.15, 0.2) is 0 Å². The molecule has 2 fully saturated rings. The number of fused-ring (bicyclic) bond motifs is 2. The molecule has 124 valence electrons. The van der Waals surface area contributed by atoms with Crippen molar-refractivity contribution in [2.75, 3.05) is 19.6 Å². The predicted molar refractivity (Wildman–Crippen MR) is 87.1 cm³/mol. The topological polar surface area (TPSA) is 43.7 Å². The molecule has 2 N–H and O–H groups in total. The summed E-state index contributed by atoms with van der Waals surface area (Å²) in [5, 5.41) is 22.2. The number of rotatable bonds is 6. The molecule has 3 nitrogen and oxygen atoms in total. The van der Waals surface area contributed by atoms with E-state index in [9.17, 15) is 10.2 Å². The van der Waals surface area contributed by atoms with E-state index in [-0.39, 0.29) is 16.7 Å². The van der Waals surface area contributed by atoms with Crippen LogP contribution in [0.2, 0.25) is 0 Å². The second-order valence-electron chi connectivity index (χ2n) is 8.26. The summed E-state index contributed by atoms with van der Waals surface area (Å²) in [6.45, 7) is 15.7. The molecule has 0 heterocycles. The lowest BCUT2D eigenvalue weighted by Crippen LogP contribution is -2.56. The molecule has 0 aromatic rings. The highest BCUT2D eigenvalue weighted by Gasteiger charge is 2.70. The Morgan fingerprint density at radius 3 is 2.14 bits per heavy atom. The van der Waals surface area contributed by atoms with Crippen LogP contribution in [-0.4, -0.2) is 46.5 Å². The van der Waals surface area contributed by atoms with Gasteiger partial charge in [0.1, 0.15) is 0 Å². The highest BCUT2D eigenvalue weighted by molar-refractivity contribution is 5.19. The van der Waals surface area contributed by atoms with Crippen molar-refractivity contribution >= 4 is 0 Å². The molecule has 2 bridgehead atoms. The van der Waals surface area contributed by atoms with Crippen LogP contribution in [0.25, 0.3) is 0 Å². The monoisotopic (exact) mass is 297 g/mol. The molecular weight excluding hydrogens is 262 g/mol. The van der Waals surface area contributed by atoms with Crippen LogP contribution in [0.3, 0.4) is 0 Å². The Balaban J connectivity index is 2.17. The van der Waals surface area contributed by atoms with Crippen LogP contribution < -0.4 is 0 Å². The maximum absolute atomic E-state index is 11.5. The molecule has 0 aromatic carbocycles. The molecule has 0 aliphatic heterocycles. The summed E-state index contributed by atoms with van der Waals surface area (Å²) >= 11 is 0. The standard InChI is InChI=1S/C18H35NO2/c1-7-19(8-2)12-15(20)13(3)18(21)11-14-9-10-17(18,6)16(14,4)5/h13-15,20-21H,7-12H2,1-6H3/t13-,14?,15+,17-,18+/m1/s1. The van der Waals surface area contributed by atoms with Crippen LogP contribution in [-0.2, 0) is 0 Å². The average Bonchev–Trinajstić information content (AvgIpc) is 2.75. The van der Waals surface area contributed by atoms with Crippen LogP contribution in [0.1, 0.15) is 60.8 Å². The van der Waals surface area contributed by atoms with Crippen LogP contribution in [0.5, 0.6) is 0 Å². The minimum absolute atomic E-state index is 0.0751. The van der Waals surface area contributed by atoms with Crippen molar-refractivity contribution in [3.63, 3.8) is 0 Å². The Morgan fingerprint density at radius 2 is 1.76 bits per heavy atom. The van der Waals surface area contributed by atoms with E-state index in [2.05, 4.69) is 46.4 Å². The van der Waals surface area contributed by atoms with Crippen molar-refractivity contribution in [2.24, 2.45) is 22.7 Å². The zero-order valence-corrected chi connectivity index (χ0v) is 14.8. The van der Waals surface area contributed by atoms with E-state index >= 15 is 0 Å². The summed E-state index contributed by atoms with van der Waals surface area (Å²) in [5.74, 6) is 0.517. The second kappa shape index (κ2) is 5.50. The van der Waals surface area contributed by atoms with E-state index in [0.717, 1.165) is 25.9 Å². The molecule has 3 heteroatoms. The Morgan fingerprint density at radius 1 is 1.19 bits per heavy atom. The van der Waals surface area contributed by atoms with Crippen molar-refractivity contribution in [3.05, 3.63) is 0 Å². The zero-order chi connectivity index (χ0) is 16.1. The summed E-state index contributed by atoms with van der Waals surface area (Å²) in [5.41, 5.74) is -0.634. The van der Waals surface area contributed by atoms with Crippen molar-refractivity contribution in [1.29, 1.82) is 0 Å². The fourth-order valence-corrected chi connectivity index (χ4v) is 5.24. The smallest absolute Gasteiger partial charge is 0.0759 e. The summed E-state index contributed by atoms with van der Waals surface area (Å²) in [6, 6.07) is 0. The molecule has 0 radical (unpaired) electrons. The molecule has 2 saturated carbocycles. The van der Waals surface area contributed by atoms with Gasteiger partial charge >= 0.3 is 0 Å². The minimum Gasteiger partial charge on any atom is -0.391 e. The summed E-state index contributed by atoms with van der Waals surface area (Å²) < 4.78 is 0. The number of aliphatic hydroxyl groups is 2. The fraction of sp³-hybridized carbons (Fsp3) is 1.00. The first-order valence-corrected chi connectivity index (χ1v) is 8.76. The lowest BCUT2D eigenvalue weighted by atomic mass is 9.60. The average molecular weight is 297 g/mol. The molecular formula is C18H35NO2. The molecule has 0 aromatic heterocycles. The highest BCUT2D eigenvalue weighted by Crippen LogP contribution is 2.71. The van der Waals surface area contributed by atoms with E-state index in [0.29, 0.717) is 12.5 Å². The lowest BCUT2D eigenvalue weighted by Gasteiger charge is -2.50. The number of hydrogen-bond acceptors (Lipinski definition) is 3. The van der Waals surface area contributed by atoms with Gasteiger partial charge in [-0.3, -0.25) is 0 Å². The minimum atomic E-state index is -0.730. The Kier molecular flexibility index (Phi) is 4.52. The van der Waals surface area contributed by atoms with Gasteiger partial charge in [0.2, 0.25) is 0 Å². The van der Waals surface area contributed by atoms with Crippen LogP contribution in [0, 0.1) is 22.7 Å². The zero-order valence-electron chi connectivity index (χ0n) is 14.8. The third-order valence-corrected chi connectivity index (χ3v) is 7.62. The Hall–Kier alpha value is -0.120. The van der Waals surface area contributed by atoms with Crippen LogP contribution in [0.4, 0.5) is 0 Å². The first-order chi connectivity index (χ1) is 9.64. The maximum atomic E-state index is 11.5. The molecule has 2 aliphatic carbocycles. The van der Waals surface area contributed by atoms with E-state index < -0.39 is 11.7 Å². The van der Waals surface area contributed by atoms with Crippen molar-refractivity contribution in [3.8, 4) is 0 Å². The first kappa shape index (κ1) is 17.2. The van der Waals surface area contributed by atoms with E-state index in [1.165, 1.54) is 6.42 Å². The number of hydrogen-bond donors (Lipinski definition) is 2. The largest absolute Gasteiger partial charge is 0.391 e. The molecule has 21 heavy (non-hydrogen) atoms. The van der Waals surface area contributed by atoms with Gasteiger partial charge in [-0.2, -0.15) is 0 Å². The highest BCUT2D eigenvalue weighted by atomic mass is 16.3. The second-order valence-corrected chi connectivity index (χ2v) is 8.26. The number of nitrogens with zero attached hydrogens (tertiary/aromatic N) is 1. The molecule has 0 spiro atoms. The van der Waals surface area contributed by atoms with Gasteiger partial charge in [-0.1, -0.05) is 41.5 Å². The quantitative estimate of drug-likeness (QED) is 0.792. The summed E-state index contributed by atoms with van der Waals surface area (Å²) in [7, 11) is 0. The van der Waals surface area contributed by atoms with Gasteiger partial charge in [-0.05, 0) is 43.7 Å². The summed E-state index contributed by atoms with van der Waals surface area (Å²) in [4.78, 5) is 2.24. The third kappa shape index (κ3) is 2.27. The van der Waals surface area contributed by atoms with E-state index in [1.807, 2.05) is 0 Å². The van der Waals surface area contributed by atoms with E-state index in [1.54, 1.807) is 0 Å². The molecule has 0 saturated heterocycles. The van der Waals surface area contributed by atoms with Gasteiger partial charge in [0.05, 0.1) is 11.7 Å². The molecule has 2 rings (SSSR count). The molecule has 1 unspecified atom stereocenters. The molecule has 2 aliphatic rings. The number of likely N-dealkylation sites (N-methyl/N-ethyl adjacent to an activating group) is 1. The van der Waals surface area contributed by atoms with Crippen LogP contribution >= 0.6 is 0 Å². The SMILES string of the molecule is CCN(CC)C[C@H](O)[C@@H](C)[C@@]1(O)CC2CC[C@]1(C)C2(C)C. The van der Waals surface area contributed by atoms with Gasteiger partial charge < -0.3 is 15.1 Å². The lowest BCUT2D eigenvalue weighted by molar-refractivity contribution is -0.154. The Labute approximate surface area is 130 Å². The normalized spacial score (nSPS) is 40.7. The first-order valence-electron chi connectivity index (χ1n) is 8.76. The van der Waals surface area contributed by atoms with Crippen molar-refractivity contribution < 1.29 is 10.2 Å². The molecule has 0 amide bonds. The van der Waals surface area contributed by atoms with Gasteiger partial charge in [-0.15, -0.1) is 0 Å².